The Balaban J connectivity index is 0.000000125. The highest BCUT2D eigenvalue weighted by molar-refractivity contribution is 6.62. The average molecular weight is 1550 g/mol. The molecule has 21 rings (SSSR count). The molecule has 0 bridgehead atoms. The lowest BCUT2D eigenvalue weighted by molar-refractivity contribution is 0.00578. The Morgan fingerprint density at radius 3 is 1.04 bits per heavy atom. The Morgan fingerprint density at radius 1 is 0.263 bits per heavy atom. The Hall–Kier alpha value is -12.6. The van der Waals surface area contributed by atoms with Crippen molar-refractivity contribution < 1.29 is 9.31 Å². The predicted molar refractivity (Wildman–Crippen MR) is 485 cm³/mol. The van der Waals surface area contributed by atoms with Crippen molar-refractivity contribution in [3.63, 3.8) is 0 Å². The van der Waals surface area contributed by atoms with Crippen LogP contribution in [0, 0.1) is 0 Å². The smallest absolute Gasteiger partial charge is 0.399 e. The third kappa shape index (κ3) is 14.8. The summed E-state index contributed by atoms with van der Waals surface area (Å²) in [7, 11) is -0.287. The molecule has 3 fully saturated rings. The molecule has 0 atom stereocenters. The average Bonchev–Trinajstić information content (AvgIpc) is 1.55. The molecule has 16 aromatic rings. The van der Waals surface area contributed by atoms with Crippen LogP contribution in [0.3, 0.4) is 0 Å². The Labute approximate surface area is 698 Å². The number of nitrogens with zero attached hydrogens (tertiary/aromatic N) is 6. The summed E-state index contributed by atoms with van der Waals surface area (Å²) in [5.41, 5.74) is 33.7. The number of aromatic nitrogens is 6. The Kier molecular flexibility index (Phi) is 20.5. The molecule has 5 aliphatic rings. The number of hydrogen-bond donors (Lipinski definition) is 0. The highest BCUT2D eigenvalue weighted by Crippen LogP contribution is 2.58. The Bertz CT molecular complexity index is 6330. The monoisotopic (exact) mass is 1550 g/mol. The lowest BCUT2D eigenvalue weighted by atomic mass is 9.66. The van der Waals surface area contributed by atoms with E-state index in [0.29, 0.717) is 16.7 Å². The highest BCUT2D eigenvalue weighted by Gasteiger charge is 2.53. The topological polar surface area (TPSA) is 95.8 Å². The van der Waals surface area contributed by atoms with Gasteiger partial charge in [-0.3, -0.25) is 9.97 Å². The minimum Gasteiger partial charge on any atom is -0.399 e. The fourth-order valence-electron chi connectivity index (χ4n) is 18.5. The summed E-state index contributed by atoms with van der Waals surface area (Å²) in [6.45, 7) is 8.50. The molecule has 12 aromatic carbocycles. The summed E-state index contributed by atoms with van der Waals surface area (Å²) < 4.78 is 12.7. The predicted octanol–water partition coefficient (Wildman–Crippen LogP) is 27.2. The van der Waals surface area contributed by atoms with Crippen molar-refractivity contribution in [1.82, 2.24) is 29.9 Å². The van der Waals surface area contributed by atoms with Gasteiger partial charge in [-0.15, -0.1) is 0 Å². The van der Waals surface area contributed by atoms with E-state index in [1.54, 1.807) is 12.4 Å². The largest absolute Gasteiger partial charge is 0.494 e. The van der Waals surface area contributed by atoms with Crippen molar-refractivity contribution in [1.29, 1.82) is 0 Å². The zero-order valence-corrected chi connectivity index (χ0v) is 67.8. The van der Waals surface area contributed by atoms with Crippen molar-refractivity contribution in [3.8, 4) is 146 Å². The number of halogens is 1. The first-order valence-corrected chi connectivity index (χ1v) is 42.0. The zero-order chi connectivity index (χ0) is 79.8. The van der Waals surface area contributed by atoms with Gasteiger partial charge < -0.3 is 9.31 Å². The van der Waals surface area contributed by atoms with E-state index in [0.717, 1.165) is 101 Å². The Morgan fingerprint density at radius 2 is 0.602 bits per heavy atom. The minimum atomic E-state index is -0.303. The minimum absolute atomic E-state index is 0.141. The van der Waals surface area contributed by atoms with Crippen LogP contribution in [-0.2, 0) is 20.1 Å². The standard InChI is InChI=1S/C51H39N3.C33H22ClN3.C24H29BO2/c1-3-12-37(13-4-1)50-53-48(36-23-21-35(22-24-36)43-18-11-29-52-34-43)33-49(54-50)42-17-10-16-40(31-42)38-14-9-15-39(30-38)41-25-26-45-44-19-5-6-20-46(44)51(47(45)32-41)27-7-2-8-28-51;34-30-13-5-10-27(20-30)26-9-4-11-28(19-26)32-21-31(36-33(37-32)25-7-2-1-3-8-25)24-16-14-23(15-17-24)29-12-6-18-35-22-29;1-22(2)23(3,4)27-25(26-22)17-12-13-19-18-10-6-7-11-20(18)24(21(19)16-17)14-8-5-9-15-24/h1,3-6,9-26,29-34H,2,7-8,27-28H2;1-22H;6-7,10-13,16H,5,8-9,14-15H2,1-4H3. The first-order valence-electron chi connectivity index (χ1n) is 41.6. The molecule has 0 amide bonds. The van der Waals surface area contributed by atoms with Crippen molar-refractivity contribution in [3.05, 3.63) is 380 Å². The molecule has 8 nitrogen and oxygen atoms in total. The highest BCUT2D eigenvalue weighted by atomic mass is 35.5. The molecule has 0 radical (unpaired) electrons. The molecular formula is C108H90BClN6O2. The lowest BCUT2D eigenvalue weighted by Crippen LogP contribution is -2.41. The van der Waals surface area contributed by atoms with E-state index in [4.69, 9.17) is 40.8 Å². The number of fused-ring (bicyclic) bond motifs is 10. The van der Waals surface area contributed by atoms with Gasteiger partial charge in [0.25, 0.3) is 0 Å². The number of pyridine rings is 2. The van der Waals surface area contributed by atoms with Crippen molar-refractivity contribution >= 4 is 24.2 Å². The van der Waals surface area contributed by atoms with E-state index in [-0.39, 0.29) is 29.2 Å². The van der Waals surface area contributed by atoms with E-state index in [1.807, 2.05) is 91.3 Å². The molecule has 4 aromatic heterocycles. The lowest BCUT2D eigenvalue weighted by Gasteiger charge is -2.36. The van der Waals surface area contributed by atoms with Gasteiger partial charge in [0, 0.05) is 74.0 Å². The van der Waals surface area contributed by atoms with Gasteiger partial charge in [-0.2, -0.15) is 0 Å². The van der Waals surface area contributed by atoms with Crippen LogP contribution in [0.2, 0.25) is 5.02 Å². The molecule has 574 valence electrons. The van der Waals surface area contributed by atoms with Crippen molar-refractivity contribution in [2.75, 3.05) is 0 Å². The van der Waals surface area contributed by atoms with E-state index in [2.05, 4.69) is 286 Å². The van der Waals surface area contributed by atoms with Crippen LogP contribution in [0.1, 0.15) is 114 Å². The summed E-state index contributed by atoms with van der Waals surface area (Å²) in [5.74, 6) is 1.40. The van der Waals surface area contributed by atoms with Gasteiger partial charge in [0.05, 0.1) is 34.0 Å². The van der Waals surface area contributed by atoms with Crippen molar-refractivity contribution in [2.24, 2.45) is 0 Å². The molecule has 2 saturated carbocycles. The maximum absolute atomic E-state index is 6.34. The molecular weight excluding hydrogens is 1460 g/mol. The SMILES string of the molecule is CC1(C)OB(c2ccc3c(c2)C2(CCCCC2)c2ccccc2-3)OC1(C)C.Clc1cccc(-c2cccc(-c3cc(-c4ccc(-c5cccnc5)cc4)nc(-c4ccccc4)n3)c2)c1.c1ccc(-c2nc(-c3ccc(-c4cccnc4)cc3)cc(-c3cccc(-c4cccc(-c5ccc6c(c5)C5(CCCCC5)c5ccccc5-6)c4)c3)n2)cc1. The van der Waals surface area contributed by atoms with Gasteiger partial charge in [0.1, 0.15) is 0 Å². The van der Waals surface area contributed by atoms with E-state index >= 15 is 0 Å². The van der Waals surface area contributed by atoms with Crippen LogP contribution in [0.25, 0.3) is 146 Å². The number of hydrogen-bond acceptors (Lipinski definition) is 8. The van der Waals surface area contributed by atoms with Crippen LogP contribution in [-0.4, -0.2) is 48.2 Å². The van der Waals surface area contributed by atoms with E-state index < -0.39 is 0 Å². The second kappa shape index (κ2) is 32.1. The van der Waals surface area contributed by atoms with Crippen LogP contribution in [0.15, 0.2) is 352 Å². The fourth-order valence-corrected chi connectivity index (χ4v) is 18.7. The second-order valence-electron chi connectivity index (χ2n) is 33.1. The summed E-state index contributed by atoms with van der Waals surface area (Å²) in [4.78, 5) is 28.7. The molecule has 0 N–H and O–H groups in total. The number of rotatable bonds is 12. The molecule has 1 aliphatic heterocycles. The van der Waals surface area contributed by atoms with Gasteiger partial charge in [0.15, 0.2) is 11.6 Å². The first-order chi connectivity index (χ1) is 57.8. The van der Waals surface area contributed by atoms with Crippen molar-refractivity contribution in [2.45, 2.75) is 114 Å². The van der Waals surface area contributed by atoms with Crippen LogP contribution < -0.4 is 5.46 Å². The third-order valence-electron chi connectivity index (χ3n) is 25.4. The van der Waals surface area contributed by atoms with Gasteiger partial charge in [0.2, 0.25) is 0 Å². The molecule has 2 spiro atoms. The van der Waals surface area contributed by atoms with Crippen LogP contribution in [0.5, 0.6) is 0 Å². The maximum atomic E-state index is 6.34. The molecule has 0 unspecified atom stereocenters. The molecule has 10 heteroatoms. The normalized spacial score (nSPS) is 15.3. The van der Waals surface area contributed by atoms with Gasteiger partial charge in [-0.25, -0.2) is 19.9 Å². The maximum Gasteiger partial charge on any atom is 0.494 e. The third-order valence-corrected chi connectivity index (χ3v) is 25.6. The van der Waals surface area contributed by atoms with Gasteiger partial charge in [-0.05, 0) is 220 Å². The first kappa shape index (κ1) is 75.4. The van der Waals surface area contributed by atoms with Gasteiger partial charge in [-0.1, -0.05) is 317 Å². The molecule has 4 aliphatic carbocycles. The summed E-state index contributed by atoms with van der Waals surface area (Å²) in [6.07, 6.45) is 20.2. The molecule has 5 heterocycles. The van der Waals surface area contributed by atoms with Crippen LogP contribution in [0.4, 0.5) is 0 Å². The summed E-state index contributed by atoms with van der Waals surface area (Å²) >= 11 is 6.25. The van der Waals surface area contributed by atoms with E-state index in [9.17, 15) is 0 Å². The summed E-state index contributed by atoms with van der Waals surface area (Å²) in [5, 5.41) is 0.716. The molecule has 1 saturated heterocycles. The second-order valence-corrected chi connectivity index (χ2v) is 33.5. The van der Waals surface area contributed by atoms with E-state index in [1.165, 1.54) is 125 Å². The molecule has 118 heavy (non-hydrogen) atoms. The number of benzene rings is 12. The quantitative estimate of drug-likeness (QED) is 0.112. The fraction of sp³-hybridized carbons (Fsp3) is 0.167. The van der Waals surface area contributed by atoms with Gasteiger partial charge >= 0.3 is 7.12 Å². The van der Waals surface area contributed by atoms with Crippen LogP contribution >= 0.6 is 11.6 Å². The zero-order valence-electron chi connectivity index (χ0n) is 67.0. The summed E-state index contributed by atoms with van der Waals surface area (Å²) in [6, 6.07) is 116.